The van der Waals surface area contributed by atoms with Crippen molar-refractivity contribution in [2.45, 2.75) is 6.61 Å². The lowest BCUT2D eigenvalue weighted by atomic mass is 10.2. The van der Waals surface area contributed by atoms with Crippen LogP contribution in [0.25, 0.3) is 0 Å². The second-order valence-electron chi connectivity index (χ2n) is 3.36. The van der Waals surface area contributed by atoms with Crippen LogP contribution in [0, 0.1) is 5.82 Å². The summed E-state index contributed by atoms with van der Waals surface area (Å²) in [5.74, 6) is -0.609. The van der Waals surface area contributed by atoms with Crippen LogP contribution in [0.2, 0.25) is 5.02 Å². The van der Waals surface area contributed by atoms with Crippen LogP contribution in [0.15, 0.2) is 41.0 Å². The number of aromatic nitrogens is 1. The lowest BCUT2D eigenvalue weighted by Crippen LogP contribution is -1.99. The minimum absolute atomic E-state index is 0.0469. The van der Waals surface area contributed by atoms with E-state index in [1.54, 1.807) is 0 Å². The molecule has 17 heavy (non-hydrogen) atoms. The lowest BCUT2D eigenvalue weighted by Gasteiger charge is -2.06. The summed E-state index contributed by atoms with van der Waals surface area (Å²) in [5.41, 5.74) is 0.926. The van der Waals surface area contributed by atoms with Crippen molar-refractivity contribution in [3.05, 3.63) is 57.4 Å². The molecular formula is C12H8BrClFNO. The van der Waals surface area contributed by atoms with E-state index in [4.69, 9.17) is 16.3 Å². The summed E-state index contributed by atoms with van der Waals surface area (Å²) in [5, 5.41) is 0.248. The Balaban J connectivity index is 2.07. The highest BCUT2D eigenvalue weighted by molar-refractivity contribution is 9.10. The number of nitrogens with zero attached hydrogens (tertiary/aromatic N) is 1. The summed E-state index contributed by atoms with van der Waals surface area (Å²) < 4.78 is 19.6. The molecule has 2 nitrogen and oxygen atoms in total. The van der Waals surface area contributed by atoms with E-state index in [-0.39, 0.29) is 17.5 Å². The van der Waals surface area contributed by atoms with Crippen molar-refractivity contribution in [2.75, 3.05) is 0 Å². The molecule has 0 unspecified atom stereocenters. The van der Waals surface area contributed by atoms with Gasteiger partial charge < -0.3 is 4.74 Å². The molecule has 5 heteroatoms. The molecule has 0 aliphatic carbocycles. The van der Waals surface area contributed by atoms with Crippen LogP contribution < -0.4 is 4.74 Å². The van der Waals surface area contributed by atoms with Crippen LogP contribution >= 0.6 is 27.5 Å². The van der Waals surface area contributed by atoms with Crippen LogP contribution in [-0.2, 0) is 6.61 Å². The van der Waals surface area contributed by atoms with Gasteiger partial charge in [0.1, 0.15) is 6.61 Å². The van der Waals surface area contributed by atoms with E-state index >= 15 is 0 Å². The highest BCUT2D eigenvalue weighted by atomic mass is 79.9. The standard InChI is InChI=1S/C12H8BrClFNO/c13-9-3-1-2-8(4-9)7-17-12-11(15)5-10(14)6-16-12/h1-6H,7H2. The SMILES string of the molecule is Fc1cc(Cl)cnc1OCc1cccc(Br)c1. The number of ether oxygens (including phenoxy) is 1. The Morgan fingerprint density at radius 1 is 1.35 bits per heavy atom. The Kier molecular flexibility index (Phi) is 3.97. The third kappa shape index (κ3) is 3.41. The summed E-state index contributed by atoms with van der Waals surface area (Å²) in [6, 6.07) is 8.75. The highest BCUT2D eigenvalue weighted by Gasteiger charge is 2.06. The number of hydrogen-bond acceptors (Lipinski definition) is 2. The molecule has 0 N–H and O–H groups in total. The largest absolute Gasteiger partial charge is 0.471 e. The molecular weight excluding hydrogens is 308 g/mol. The van der Waals surface area contributed by atoms with E-state index < -0.39 is 5.82 Å². The zero-order chi connectivity index (χ0) is 12.3. The molecule has 1 aromatic carbocycles. The van der Waals surface area contributed by atoms with Gasteiger partial charge in [-0.05, 0) is 23.8 Å². The van der Waals surface area contributed by atoms with E-state index in [0.717, 1.165) is 10.0 Å². The minimum Gasteiger partial charge on any atom is -0.471 e. The van der Waals surface area contributed by atoms with Gasteiger partial charge in [-0.25, -0.2) is 9.37 Å². The number of benzene rings is 1. The smallest absolute Gasteiger partial charge is 0.250 e. The van der Waals surface area contributed by atoms with Gasteiger partial charge in [0.25, 0.3) is 5.88 Å². The highest BCUT2D eigenvalue weighted by Crippen LogP contribution is 2.19. The molecule has 0 bridgehead atoms. The van der Waals surface area contributed by atoms with Gasteiger partial charge in [-0.3, -0.25) is 0 Å². The molecule has 0 atom stereocenters. The Labute approximate surface area is 112 Å². The third-order valence-electron chi connectivity index (χ3n) is 2.04. The Hall–Kier alpha value is -1.13. The van der Waals surface area contributed by atoms with E-state index in [9.17, 15) is 4.39 Å². The molecule has 0 aliphatic heterocycles. The first kappa shape index (κ1) is 12.3. The minimum atomic E-state index is -0.563. The molecule has 1 heterocycles. The molecule has 2 aromatic rings. The fraction of sp³-hybridized carbons (Fsp3) is 0.0833. The molecule has 0 radical (unpaired) electrons. The normalized spacial score (nSPS) is 10.3. The first-order valence-electron chi connectivity index (χ1n) is 4.83. The lowest BCUT2D eigenvalue weighted by molar-refractivity contribution is 0.277. The topological polar surface area (TPSA) is 22.1 Å². The van der Waals surface area contributed by atoms with Crippen molar-refractivity contribution in [3.63, 3.8) is 0 Å². The van der Waals surface area contributed by atoms with Gasteiger partial charge in [0, 0.05) is 10.7 Å². The van der Waals surface area contributed by atoms with Gasteiger partial charge in [0.15, 0.2) is 5.82 Å². The van der Waals surface area contributed by atoms with Crippen molar-refractivity contribution in [2.24, 2.45) is 0 Å². The molecule has 1 aromatic heterocycles. The monoisotopic (exact) mass is 315 g/mol. The van der Waals surface area contributed by atoms with E-state index in [1.807, 2.05) is 24.3 Å². The average molecular weight is 317 g/mol. The summed E-state index contributed by atoms with van der Waals surface area (Å²) in [4.78, 5) is 3.77. The van der Waals surface area contributed by atoms with Crippen LogP contribution in [0.5, 0.6) is 5.88 Å². The molecule has 0 spiro atoms. The van der Waals surface area contributed by atoms with Gasteiger partial charge in [0.2, 0.25) is 0 Å². The Morgan fingerprint density at radius 2 is 2.18 bits per heavy atom. The van der Waals surface area contributed by atoms with E-state index in [0.29, 0.717) is 0 Å². The number of rotatable bonds is 3. The molecule has 0 aliphatic rings. The maximum absolute atomic E-state index is 13.4. The van der Waals surface area contributed by atoms with Crippen LogP contribution in [0.3, 0.4) is 0 Å². The first-order chi connectivity index (χ1) is 8.15. The quantitative estimate of drug-likeness (QED) is 0.846. The Bertz CT molecular complexity index is 536. The Morgan fingerprint density at radius 3 is 2.88 bits per heavy atom. The third-order valence-corrected chi connectivity index (χ3v) is 2.74. The fourth-order valence-corrected chi connectivity index (χ4v) is 1.88. The maximum Gasteiger partial charge on any atom is 0.250 e. The van der Waals surface area contributed by atoms with Crippen molar-refractivity contribution in [1.29, 1.82) is 0 Å². The zero-order valence-corrected chi connectivity index (χ0v) is 11.0. The number of hydrogen-bond donors (Lipinski definition) is 0. The second-order valence-corrected chi connectivity index (χ2v) is 4.71. The number of pyridine rings is 1. The fourth-order valence-electron chi connectivity index (χ4n) is 1.29. The summed E-state index contributed by atoms with van der Waals surface area (Å²) >= 11 is 8.94. The van der Waals surface area contributed by atoms with Gasteiger partial charge in [-0.2, -0.15) is 0 Å². The molecule has 2 rings (SSSR count). The summed E-state index contributed by atoms with van der Waals surface area (Å²) in [6.45, 7) is 0.255. The van der Waals surface area contributed by atoms with Gasteiger partial charge in [0.05, 0.1) is 5.02 Å². The van der Waals surface area contributed by atoms with Gasteiger partial charge in [-0.15, -0.1) is 0 Å². The van der Waals surface area contributed by atoms with Gasteiger partial charge >= 0.3 is 0 Å². The molecule has 0 saturated heterocycles. The van der Waals surface area contributed by atoms with E-state index in [2.05, 4.69) is 20.9 Å². The molecule has 0 amide bonds. The predicted octanol–water partition coefficient (Wildman–Crippen LogP) is 4.22. The van der Waals surface area contributed by atoms with Crippen LogP contribution in [-0.4, -0.2) is 4.98 Å². The second kappa shape index (κ2) is 5.47. The van der Waals surface area contributed by atoms with E-state index in [1.165, 1.54) is 12.3 Å². The van der Waals surface area contributed by atoms with Crippen molar-refractivity contribution in [1.82, 2.24) is 4.98 Å². The van der Waals surface area contributed by atoms with Gasteiger partial charge in [-0.1, -0.05) is 39.7 Å². The van der Waals surface area contributed by atoms with Crippen LogP contribution in [0.4, 0.5) is 4.39 Å². The molecule has 0 saturated carbocycles. The molecule has 88 valence electrons. The van der Waals surface area contributed by atoms with Crippen molar-refractivity contribution >= 4 is 27.5 Å². The van der Waals surface area contributed by atoms with Crippen molar-refractivity contribution < 1.29 is 9.13 Å². The zero-order valence-electron chi connectivity index (χ0n) is 8.66. The first-order valence-corrected chi connectivity index (χ1v) is 6.00. The maximum atomic E-state index is 13.4. The average Bonchev–Trinajstić information content (AvgIpc) is 2.28. The molecule has 0 fully saturated rings. The predicted molar refractivity (Wildman–Crippen MR) is 67.7 cm³/mol. The number of halogens is 3. The van der Waals surface area contributed by atoms with Crippen LogP contribution in [0.1, 0.15) is 5.56 Å². The summed E-state index contributed by atoms with van der Waals surface area (Å²) in [6.07, 6.45) is 1.35. The summed E-state index contributed by atoms with van der Waals surface area (Å²) in [7, 11) is 0. The van der Waals surface area contributed by atoms with Crippen molar-refractivity contribution in [3.8, 4) is 5.88 Å².